The van der Waals surface area contributed by atoms with Gasteiger partial charge in [-0.05, 0) is 55.9 Å². The fourth-order valence-electron chi connectivity index (χ4n) is 3.81. The number of hydrogen-bond acceptors (Lipinski definition) is 3. The van der Waals surface area contributed by atoms with Crippen LogP contribution in [0.4, 0.5) is 0 Å². The minimum absolute atomic E-state index is 0.0119. The van der Waals surface area contributed by atoms with E-state index in [0.717, 1.165) is 37.7 Å². The Bertz CT molecular complexity index is 978. The Hall–Kier alpha value is -2.18. The Morgan fingerprint density at radius 1 is 1.11 bits per heavy atom. The summed E-state index contributed by atoms with van der Waals surface area (Å²) in [5, 5.41) is 3.06. The van der Waals surface area contributed by atoms with E-state index in [0.29, 0.717) is 12.1 Å². The molecule has 28 heavy (non-hydrogen) atoms. The third-order valence-corrected chi connectivity index (χ3v) is 7.47. The maximum Gasteiger partial charge on any atom is 0.251 e. The molecule has 0 radical (unpaired) electrons. The summed E-state index contributed by atoms with van der Waals surface area (Å²) in [6, 6.07) is 15.1. The molecule has 0 spiro atoms. The summed E-state index contributed by atoms with van der Waals surface area (Å²) in [4.78, 5) is 13.0. The first-order chi connectivity index (χ1) is 13.4. The Morgan fingerprint density at radius 3 is 2.43 bits per heavy atom. The summed E-state index contributed by atoms with van der Waals surface area (Å²) in [6.07, 6.45) is 5.01. The zero-order chi connectivity index (χ0) is 19.8. The summed E-state index contributed by atoms with van der Waals surface area (Å²) < 4.78 is 27.6. The van der Waals surface area contributed by atoms with Crippen LogP contribution in [-0.4, -0.2) is 26.9 Å². The van der Waals surface area contributed by atoms with Crippen molar-refractivity contribution in [2.45, 2.75) is 55.4 Å². The lowest BCUT2D eigenvalue weighted by Crippen LogP contribution is -2.45. The standard InChI is InChI=1S/C22H26N2O3S/c1-16-8-11-19(28(26,27)24-18-9-10-18)14-20(16)21(25)23-15-22(12-5-13-22)17-6-3-2-4-7-17/h2-4,6-8,11,14,18,24H,5,9-10,12-13,15H2,1H3,(H,23,25). The van der Waals surface area contributed by atoms with Crippen LogP contribution in [0.1, 0.15) is 53.6 Å². The molecule has 2 fully saturated rings. The first-order valence-electron chi connectivity index (χ1n) is 9.86. The summed E-state index contributed by atoms with van der Waals surface area (Å²) >= 11 is 0. The maximum absolute atomic E-state index is 12.9. The molecule has 0 bridgehead atoms. The van der Waals surface area contributed by atoms with Crippen LogP contribution in [0, 0.1) is 6.92 Å². The van der Waals surface area contributed by atoms with Gasteiger partial charge in [0.15, 0.2) is 0 Å². The van der Waals surface area contributed by atoms with E-state index < -0.39 is 10.0 Å². The van der Waals surface area contributed by atoms with Crippen LogP contribution in [0.5, 0.6) is 0 Å². The van der Waals surface area contributed by atoms with Crippen molar-refractivity contribution in [1.29, 1.82) is 0 Å². The monoisotopic (exact) mass is 398 g/mol. The third-order valence-electron chi connectivity index (χ3n) is 5.95. The average Bonchev–Trinajstić information content (AvgIpc) is 3.45. The van der Waals surface area contributed by atoms with Gasteiger partial charge < -0.3 is 5.32 Å². The Balaban J connectivity index is 1.51. The summed E-state index contributed by atoms with van der Waals surface area (Å²) in [5.74, 6) is -0.219. The molecule has 0 aliphatic heterocycles. The summed E-state index contributed by atoms with van der Waals surface area (Å²) in [6.45, 7) is 2.39. The number of hydrogen-bond donors (Lipinski definition) is 2. The first kappa shape index (κ1) is 19.2. The van der Waals surface area contributed by atoms with Gasteiger partial charge in [0.2, 0.25) is 10.0 Å². The van der Waals surface area contributed by atoms with E-state index in [1.54, 1.807) is 12.1 Å². The molecule has 0 unspecified atom stereocenters. The molecule has 148 valence electrons. The van der Waals surface area contributed by atoms with Crippen molar-refractivity contribution in [2.75, 3.05) is 6.54 Å². The van der Waals surface area contributed by atoms with Crippen LogP contribution >= 0.6 is 0 Å². The fraction of sp³-hybridized carbons (Fsp3) is 0.409. The molecule has 2 N–H and O–H groups in total. The lowest BCUT2D eigenvalue weighted by molar-refractivity contribution is 0.0927. The highest BCUT2D eigenvalue weighted by Gasteiger charge is 2.38. The van der Waals surface area contributed by atoms with Crippen molar-refractivity contribution < 1.29 is 13.2 Å². The molecule has 1 amide bonds. The first-order valence-corrected chi connectivity index (χ1v) is 11.3. The number of sulfonamides is 1. The second-order valence-electron chi connectivity index (χ2n) is 8.05. The van der Waals surface area contributed by atoms with Gasteiger partial charge in [0.05, 0.1) is 4.90 Å². The third kappa shape index (κ3) is 3.84. The molecule has 0 heterocycles. The highest BCUT2D eigenvalue weighted by molar-refractivity contribution is 7.89. The van der Waals surface area contributed by atoms with Crippen molar-refractivity contribution in [1.82, 2.24) is 10.0 Å². The molecular formula is C22H26N2O3S. The molecule has 0 saturated heterocycles. The van der Waals surface area contributed by atoms with Gasteiger partial charge in [0.1, 0.15) is 0 Å². The Kier molecular flexibility index (Phi) is 5.02. The van der Waals surface area contributed by atoms with E-state index in [9.17, 15) is 13.2 Å². The van der Waals surface area contributed by atoms with Crippen LogP contribution in [0.15, 0.2) is 53.4 Å². The molecule has 2 saturated carbocycles. The van der Waals surface area contributed by atoms with Gasteiger partial charge in [-0.15, -0.1) is 0 Å². The molecular weight excluding hydrogens is 372 g/mol. The van der Waals surface area contributed by atoms with Crippen LogP contribution < -0.4 is 10.0 Å². The quantitative estimate of drug-likeness (QED) is 0.751. The van der Waals surface area contributed by atoms with Gasteiger partial charge in [0, 0.05) is 23.6 Å². The van der Waals surface area contributed by atoms with Crippen LogP contribution in [0.2, 0.25) is 0 Å². The van der Waals surface area contributed by atoms with Crippen molar-refractivity contribution in [3.05, 3.63) is 65.2 Å². The maximum atomic E-state index is 12.9. The van der Waals surface area contributed by atoms with E-state index in [-0.39, 0.29) is 22.3 Å². The highest BCUT2D eigenvalue weighted by Crippen LogP contribution is 2.43. The number of carbonyl (C=O) groups is 1. The molecule has 0 atom stereocenters. The van der Waals surface area contributed by atoms with E-state index in [1.165, 1.54) is 11.6 Å². The highest BCUT2D eigenvalue weighted by atomic mass is 32.2. The molecule has 2 aromatic rings. The SMILES string of the molecule is Cc1ccc(S(=O)(=O)NC2CC2)cc1C(=O)NCC1(c2ccccc2)CCC1. The van der Waals surface area contributed by atoms with E-state index >= 15 is 0 Å². The lowest BCUT2D eigenvalue weighted by Gasteiger charge is -2.42. The van der Waals surface area contributed by atoms with Crippen LogP contribution in [0.3, 0.4) is 0 Å². The molecule has 2 aliphatic rings. The normalized spacial score (nSPS) is 18.3. The zero-order valence-corrected chi connectivity index (χ0v) is 16.9. The average molecular weight is 399 g/mol. The van der Waals surface area contributed by atoms with E-state index in [4.69, 9.17) is 0 Å². The molecule has 5 nitrogen and oxygen atoms in total. The predicted molar refractivity (Wildman–Crippen MR) is 109 cm³/mol. The van der Waals surface area contributed by atoms with Gasteiger partial charge in [-0.1, -0.05) is 42.8 Å². The lowest BCUT2D eigenvalue weighted by atomic mass is 9.64. The van der Waals surface area contributed by atoms with E-state index in [1.807, 2.05) is 25.1 Å². The minimum Gasteiger partial charge on any atom is -0.351 e. The number of aryl methyl sites for hydroxylation is 1. The van der Waals surface area contributed by atoms with Gasteiger partial charge in [-0.3, -0.25) is 4.79 Å². The molecule has 2 aliphatic carbocycles. The van der Waals surface area contributed by atoms with Gasteiger partial charge >= 0.3 is 0 Å². The molecule has 0 aromatic heterocycles. The van der Waals surface area contributed by atoms with Crippen LogP contribution in [-0.2, 0) is 15.4 Å². The van der Waals surface area contributed by atoms with Crippen molar-refractivity contribution >= 4 is 15.9 Å². The minimum atomic E-state index is -3.58. The van der Waals surface area contributed by atoms with Crippen LogP contribution in [0.25, 0.3) is 0 Å². The smallest absolute Gasteiger partial charge is 0.251 e. The fourth-order valence-corrected chi connectivity index (χ4v) is 5.14. The summed E-state index contributed by atoms with van der Waals surface area (Å²) in [5.41, 5.74) is 2.43. The number of amides is 1. The Labute approximate surface area is 166 Å². The van der Waals surface area contributed by atoms with Crippen molar-refractivity contribution in [2.24, 2.45) is 0 Å². The number of benzene rings is 2. The van der Waals surface area contributed by atoms with Crippen molar-refractivity contribution in [3.63, 3.8) is 0 Å². The van der Waals surface area contributed by atoms with E-state index in [2.05, 4.69) is 22.2 Å². The number of nitrogens with one attached hydrogen (secondary N) is 2. The second-order valence-corrected chi connectivity index (χ2v) is 9.77. The zero-order valence-electron chi connectivity index (χ0n) is 16.1. The molecule has 2 aromatic carbocycles. The van der Waals surface area contributed by atoms with Gasteiger partial charge in [0.25, 0.3) is 5.91 Å². The Morgan fingerprint density at radius 2 is 1.82 bits per heavy atom. The molecule has 4 rings (SSSR count). The van der Waals surface area contributed by atoms with Crippen molar-refractivity contribution in [3.8, 4) is 0 Å². The summed E-state index contributed by atoms with van der Waals surface area (Å²) in [7, 11) is -3.58. The topological polar surface area (TPSA) is 75.3 Å². The predicted octanol–water partition coefficient (Wildman–Crippen LogP) is 3.29. The number of rotatable bonds is 7. The molecule has 6 heteroatoms. The van der Waals surface area contributed by atoms with Gasteiger partial charge in [-0.2, -0.15) is 0 Å². The largest absolute Gasteiger partial charge is 0.351 e. The van der Waals surface area contributed by atoms with Gasteiger partial charge in [-0.25, -0.2) is 13.1 Å². The second kappa shape index (κ2) is 7.33. The number of carbonyl (C=O) groups excluding carboxylic acids is 1.